The van der Waals surface area contributed by atoms with E-state index in [2.05, 4.69) is 30.8 Å². The van der Waals surface area contributed by atoms with Crippen LogP contribution >= 0.6 is 0 Å². The summed E-state index contributed by atoms with van der Waals surface area (Å²) in [6.07, 6.45) is 0. The number of benzene rings is 1. The third-order valence-electron chi connectivity index (χ3n) is 3.52. The van der Waals surface area contributed by atoms with Crippen molar-refractivity contribution in [2.75, 3.05) is 13.6 Å². The van der Waals surface area contributed by atoms with E-state index >= 15 is 0 Å². The van der Waals surface area contributed by atoms with Crippen LogP contribution in [0.2, 0.25) is 0 Å². The fourth-order valence-corrected chi connectivity index (χ4v) is 2.97. The molecule has 0 aliphatic carbocycles. The molecular weight excluding hydrogens is 272 g/mol. The fourth-order valence-electron chi connectivity index (χ4n) is 1.72. The largest absolute Gasteiger partial charge is 0.316 e. The molecule has 0 aliphatic rings. The van der Waals surface area contributed by atoms with Crippen LogP contribution in [0.5, 0.6) is 0 Å². The molecule has 5 heteroatoms. The second kappa shape index (κ2) is 7.76. The van der Waals surface area contributed by atoms with Gasteiger partial charge in [0.05, 0.1) is 5.75 Å². The first kappa shape index (κ1) is 17.1. The molecule has 0 aromatic heterocycles. The molecule has 0 spiro atoms. The summed E-state index contributed by atoms with van der Waals surface area (Å²) in [6, 6.07) is 7.66. The minimum atomic E-state index is -3.25. The molecule has 0 radical (unpaired) electrons. The van der Waals surface area contributed by atoms with E-state index in [1.807, 2.05) is 31.3 Å². The Labute approximate surface area is 123 Å². The Balaban J connectivity index is 2.57. The summed E-state index contributed by atoms with van der Waals surface area (Å²) in [5.41, 5.74) is 1.96. The number of hydrogen-bond acceptors (Lipinski definition) is 3. The van der Waals surface area contributed by atoms with E-state index in [-0.39, 0.29) is 5.75 Å². The zero-order valence-corrected chi connectivity index (χ0v) is 13.6. The summed E-state index contributed by atoms with van der Waals surface area (Å²) in [5, 5.41) is 3.06. The summed E-state index contributed by atoms with van der Waals surface area (Å²) >= 11 is 0. The molecule has 1 unspecified atom stereocenters. The molecular formula is C15H26N2O2S. The maximum Gasteiger partial charge on any atom is 0.215 e. The summed E-state index contributed by atoms with van der Waals surface area (Å²) < 4.78 is 26.7. The van der Waals surface area contributed by atoms with Crippen LogP contribution in [0.4, 0.5) is 0 Å². The number of rotatable bonds is 8. The van der Waals surface area contributed by atoms with Crippen LogP contribution in [0.25, 0.3) is 0 Å². The molecule has 1 rings (SSSR count). The van der Waals surface area contributed by atoms with Gasteiger partial charge in [-0.1, -0.05) is 45.0 Å². The lowest BCUT2D eigenvalue weighted by Gasteiger charge is -2.16. The lowest BCUT2D eigenvalue weighted by atomic mass is 9.99. The predicted molar refractivity (Wildman–Crippen MR) is 83.8 cm³/mol. The molecule has 0 saturated heterocycles. The van der Waals surface area contributed by atoms with Gasteiger partial charge >= 0.3 is 0 Å². The topological polar surface area (TPSA) is 58.2 Å². The van der Waals surface area contributed by atoms with E-state index in [9.17, 15) is 8.42 Å². The van der Waals surface area contributed by atoms with Crippen LogP contribution < -0.4 is 10.0 Å². The minimum Gasteiger partial charge on any atom is -0.316 e. The standard InChI is InChI=1S/C15H26N2O2S/c1-12(2)13(3)9-17-20(18,19)11-15-7-5-14(6-8-15)10-16-4/h5-8,12-13,16-17H,9-11H2,1-4H3. The maximum absolute atomic E-state index is 12.0. The first-order valence-corrected chi connectivity index (χ1v) is 8.69. The van der Waals surface area contributed by atoms with E-state index in [4.69, 9.17) is 0 Å². The van der Waals surface area contributed by atoms with Gasteiger partial charge in [-0.2, -0.15) is 0 Å². The van der Waals surface area contributed by atoms with Gasteiger partial charge in [0.15, 0.2) is 0 Å². The zero-order valence-electron chi connectivity index (χ0n) is 12.8. The lowest BCUT2D eigenvalue weighted by Crippen LogP contribution is -2.31. The van der Waals surface area contributed by atoms with E-state index in [0.717, 1.165) is 17.7 Å². The van der Waals surface area contributed by atoms with Gasteiger partial charge in [0, 0.05) is 13.1 Å². The van der Waals surface area contributed by atoms with Gasteiger partial charge in [-0.05, 0) is 30.0 Å². The SMILES string of the molecule is CNCc1ccc(CS(=O)(=O)NCC(C)C(C)C)cc1. The fraction of sp³-hybridized carbons (Fsp3) is 0.600. The summed E-state index contributed by atoms with van der Waals surface area (Å²) in [5.74, 6) is 0.846. The van der Waals surface area contributed by atoms with Crippen molar-refractivity contribution >= 4 is 10.0 Å². The van der Waals surface area contributed by atoms with Crippen LogP contribution in [-0.2, 0) is 22.3 Å². The summed E-state index contributed by atoms with van der Waals surface area (Å²) in [4.78, 5) is 0. The van der Waals surface area contributed by atoms with Crippen molar-refractivity contribution in [2.24, 2.45) is 11.8 Å². The average Bonchev–Trinajstić information content (AvgIpc) is 2.38. The Morgan fingerprint density at radius 3 is 2.10 bits per heavy atom. The Morgan fingerprint density at radius 2 is 1.60 bits per heavy atom. The Morgan fingerprint density at radius 1 is 1.05 bits per heavy atom. The molecule has 0 saturated carbocycles. The van der Waals surface area contributed by atoms with E-state index in [1.165, 1.54) is 0 Å². The van der Waals surface area contributed by atoms with Crippen molar-refractivity contribution < 1.29 is 8.42 Å². The molecule has 1 aromatic carbocycles. The molecule has 0 aliphatic heterocycles. The van der Waals surface area contributed by atoms with Crippen molar-refractivity contribution in [2.45, 2.75) is 33.1 Å². The van der Waals surface area contributed by atoms with Crippen molar-refractivity contribution in [1.29, 1.82) is 0 Å². The van der Waals surface area contributed by atoms with Gasteiger partial charge in [-0.25, -0.2) is 13.1 Å². The smallest absolute Gasteiger partial charge is 0.215 e. The minimum absolute atomic E-state index is 0.0393. The Hall–Kier alpha value is -0.910. The molecule has 0 heterocycles. The van der Waals surface area contributed by atoms with Gasteiger partial charge in [0.25, 0.3) is 0 Å². The van der Waals surface area contributed by atoms with Crippen molar-refractivity contribution in [3.8, 4) is 0 Å². The van der Waals surface area contributed by atoms with E-state index < -0.39 is 10.0 Å². The molecule has 0 fully saturated rings. The highest BCUT2D eigenvalue weighted by molar-refractivity contribution is 7.88. The van der Waals surface area contributed by atoms with Crippen LogP contribution in [-0.4, -0.2) is 22.0 Å². The number of nitrogens with one attached hydrogen (secondary N) is 2. The number of sulfonamides is 1. The maximum atomic E-state index is 12.0. The summed E-state index contributed by atoms with van der Waals surface area (Å²) in [7, 11) is -1.37. The third-order valence-corrected chi connectivity index (χ3v) is 4.84. The number of hydrogen-bond donors (Lipinski definition) is 2. The van der Waals surface area contributed by atoms with Crippen LogP contribution in [0.15, 0.2) is 24.3 Å². The highest BCUT2D eigenvalue weighted by atomic mass is 32.2. The molecule has 20 heavy (non-hydrogen) atoms. The predicted octanol–water partition coefficient (Wildman–Crippen LogP) is 2.12. The van der Waals surface area contributed by atoms with Crippen molar-refractivity contribution in [3.63, 3.8) is 0 Å². The third kappa shape index (κ3) is 6.03. The van der Waals surface area contributed by atoms with Crippen molar-refractivity contribution in [1.82, 2.24) is 10.0 Å². The lowest BCUT2D eigenvalue weighted by molar-refractivity contribution is 0.414. The van der Waals surface area contributed by atoms with Crippen molar-refractivity contribution in [3.05, 3.63) is 35.4 Å². The first-order chi connectivity index (χ1) is 9.34. The van der Waals surface area contributed by atoms with Gasteiger partial charge in [0.1, 0.15) is 0 Å². The molecule has 2 N–H and O–H groups in total. The highest BCUT2D eigenvalue weighted by Gasteiger charge is 2.14. The van der Waals surface area contributed by atoms with E-state index in [0.29, 0.717) is 18.4 Å². The quantitative estimate of drug-likeness (QED) is 0.773. The second-order valence-corrected chi connectivity index (χ2v) is 7.48. The Bertz CT molecular complexity index is 495. The highest BCUT2D eigenvalue weighted by Crippen LogP contribution is 2.11. The van der Waals surface area contributed by atoms with Gasteiger partial charge in [-0.3, -0.25) is 0 Å². The summed E-state index contributed by atoms with van der Waals surface area (Å²) in [6.45, 7) is 7.54. The van der Waals surface area contributed by atoms with Crippen LogP contribution in [0, 0.1) is 11.8 Å². The molecule has 1 aromatic rings. The Kier molecular flexibility index (Phi) is 6.65. The molecule has 0 bridgehead atoms. The molecule has 4 nitrogen and oxygen atoms in total. The van der Waals surface area contributed by atoms with Crippen LogP contribution in [0.1, 0.15) is 31.9 Å². The van der Waals surface area contributed by atoms with Gasteiger partial charge in [-0.15, -0.1) is 0 Å². The van der Waals surface area contributed by atoms with Gasteiger partial charge in [0.2, 0.25) is 10.0 Å². The monoisotopic (exact) mass is 298 g/mol. The first-order valence-electron chi connectivity index (χ1n) is 7.04. The second-order valence-electron chi connectivity index (χ2n) is 5.68. The van der Waals surface area contributed by atoms with Crippen LogP contribution in [0.3, 0.4) is 0 Å². The van der Waals surface area contributed by atoms with Gasteiger partial charge < -0.3 is 5.32 Å². The molecule has 0 amide bonds. The normalized spacial score (nSPS) is 13.7. The van der Waals surface area contributed by atoms with E-state index in [1.54, 1.807) is 0 Å². The zero-order chi connectivity index (χ0) is 15.2. The average molecular weight is 298 g/mol. The molecule has 114 valence electrons. The molecule has 1 atom stereocenters.